The number of hydrogen-bond donors (Lipinski definition) is 1. The van der Waals surface area contributed by atoms with Gasteiger partial charge < -0.3 is 5.32 Å². The van der Waals surface area contributed by atoms with Gasteiger partial charge in [-0.05, 0) is 20.0 Å². The summed E-state index contributed by atoms with van der Waals surface area (Å²) in [6, 6.07) is 0.611. The van der Waals surface area contributed by atoms with Gasteiger partial charge in [0, 0.05) is 37.9 Å². The van der Waals surface area contributed by atoms with Gasteiger partial charge in [0.15, 0.2) is 0 Å². The minimum absolute atomic E-state index is 0.611. The highest BCUT2D eigenvalue weighted by molar-refractivity contribution is 5.03. The molecule has 0 aromatic carbocycles. The van der Waals surface area contributed by atoms with Gasteiger partial charge in [-0.1, -0.05) is 20.3 Å². The second-order valence-electron chi connectivity index (χ2n) is 4.69. The Morgan fingerprint density at radius 2 is 2.24 bits per heavy atom. The van der Waals surface area contributed by atoms with Crippen LogP contribution in [0.15, 0.2) is 12.4 Å². The van der Waals surface area contributed by atoms with Crippen molar-refractivity contribution in [3.8, 4) is 0 Å². The van der Waals surface area contributed by atoms with Crippen molar-refractivity contribution in [2.75, 3.05) is 20.1 Å². The number of hydrogen-bond acceptors (Lipinski definition) is 3. The molecule has 0 saturated carbocycles. The topological polar surface area (TPSA) is 33.1 Å². The molecule has 1 rings (SSSR count). The summed E-state index contributed by atoms with van der Waals surface area (Å²) in [6.07, 6.45) is 6.51. The molecule has 0 aliphatic heterocycles. The largest absolute Gasteiger partial charge is 0.315 e. The molecule has 0 radical (unpaired) electrons. The first-order chi connectivity index (χ1) is 8.17. The lowest BCUT2D eigenvalue weighted by atomic mass is 10.1. The van der Waals surface area contributed by atoms with Crippen LogP contribution in [0, 0.1) is 0 Å². The van der Waals surface area contributed by atoms with E-state index in [9.17, 15) is 0 Å². The van der Waals surface area contributed by atoms with Crippen LogP contribution in [0.25, 0.3) is 0 Å². The summed E-state index contributed by atoms with van der Waals surface area (Å²) in [5.41, 5.74) is 1.28. The Morgan fingerprint density at radius 1 is 1.47 bits per heavy atom. The van der Waals surface area contributed by atoms with Crippen molar-refractivity contribution in [2.24, 2.45) is 7.05 Å². The summed E-state index contributed by atoms with van der Waals surface area (Å²) in [7, 11) is 4.16. The molecule has 1 aromatic heterocycles. The molecule has 0 aliphatic rings. The third kappa shape index (κ3) is 4.88. The van der Waals surface area contributed by atoms with Crippen LogP contribution < -0.4 is 5.32 Å². The monoisotopic (exact) mass is 238 g/mol. The van der Waals surface area contributed by atoms with Gasteiger partial charge in [0.25, 0.3) is 0 Å². The number of likely N-dealkylation sites (N-methyl/N-ethyl adjacent to an activating group) is 2. The quantitative estimate of drug-likeness (QED) is 0.747. The van der Waals surface area contributed by atoms with Gasteiger partial charge in [-0.2, -0.15) is 5.10 Å². The van der Waals surface area contributed by atoms with Crippen LogP contribution >= 0.6 is 0 Å². The lowest BCUT2D eigenvalue weighted by Gasteiger charge is -2.27. The van der Waals surface area contributed by atoms with Gasteiger partial charge in [-0.25, -0.2) is 0 Å². The maximum Gasteiger partial charge on any atom is 0.0534 e. The van der Waals surface area contributed by atoms with E-state index in [4.69, 9.17) is 0 Å². The molecule has 1 unspecified atom stereocenters. The lowest BCUT2D eigenvalue weighted by Crippen LogP contribution is -2.39. The molecule has 98 valence electrons. The van der Waals surface area contributed by atoms with Crippen molar-refractivity contribution in [1.82, 2.24) is 20.0 Å². The van der Waals surface area contributed by atoms with Crippen molar-refractivity contribution < 1.29 is 0 Å². The smallest absolute Gasteiger partial charge is 0.0534 e. The number of nitrogens with one attached hydrogen (secondary N) is 1. The number of aryl methyl sites for hydroxylation is 1. The Kier molecular flexibility index (Phi) is 6.22. The standard InChI is InChI=1S/C13H26N4/c1-5-7-13(9-14-6-2)16(3)10-12-8-15-17(4)11-12/h8,11,13-14H,5-7,9-10H2,1-4H3. The molecule has 4 nitrogen and oxygen atoms in total. The minimum atomic E-state index is 0.611. The third-order valence-corrected chi connectivity index (χ3v) is 3.07. The predicted octanol–water partition coefficient (Wildman–Crippen LogP) is 1.63. The van der Waals surface area contributed by atoms with Crippen LogP contribution in [0.1, 0.15) is 32.3 Å². The molecule has 0 bridgehead atoms. The van der Waals surface area contributed by atoms with E-state index in [1.165, 1.54) is 18.4 Å². The average molecular weight is 238 g/mol. The van der Waals surface area contributed by atoms with Gasteiger partial charge in [0.1, 0.15) is 0 Å². The first kappa shape index (κ1) is 14.2. The highest BCUT2D eigenvalue weighted by atomic mass is 15.2. The van der Waals surface area contributed by atoms with Gasteiger partial charge in [-0.3, -0.25) is 9.58 Å². The summed E-state index contributed by atoms with van der Waals surface area (Å²) in [5.74, 6) is 0. The maximum absolute atomic E-state index is 4.21. The highest BCUT2D eigenvalue weighted by Crippen LogP contribution is 2.09. The first-order valence-electron chi connectivity index (χ1n) is 6.55. The fourth-order valence-electron chi connectivity index (χ4n) is 2.09. The third-order valence-electron chi connectivity index (χ3n) is 3.07. The van der Waals surface area contributed by atoms with Crippen molar-refractivity contribution >= 4 is 0 Å². The SMILES string of the molecule is CCCC(CNCC)N(C)Cc1cnn(C)c1. The Balaban J connectivity index is 2.48. The molecular weight excluding hydrogens is 212 g/mol. The normalized spacial score (nSPS) is 13.2. The van der Waals surface area contributed by atoms with Crippen LogP contribution in [-0.4, -0.2) is 40.9 Å². The molecule has 1 N–H and O–H groups in total. The van der Waals surface area contributed by atoms with E-state index >= 15 is 0 Å². The van der Waals surface area contributed by atoms with E-state index in [1.54, 1.807) is 0 Å². The van der Waals surface area contributed by atoms with Crippen molar-refractivity contribution in [1.29, 1.82) is 0 Å². The van der Waals surface area contributed by atoms with Gasteiger partial charge in [-0.15, -0.1) is 0 Å². The van der Waals surface area contributed by atoms with Gasteiger partial charge >= 0.3 is 0 Å². The van der Waals surface area contributed by atoms with E-state index in [2.05, 4.69) is 42.4 Å². The van der Waals surface area contributed by atoms with E-state index in [0.29, 0.717) is 6.04 Å². The van der Waals surface area contributed by atoms with E-state index in [-0.39, 0.29) is 0 Å². The summed E-state index contributed by atoms with van der Waals surface area (Å²) < 4.78 is 1.86. The van der Waals surface area contributed by atoms with Crippen molar-refractivity contribution in [3.05, 3.63) is 18.0 Å². The van der Waals surface area contributed by atoms with Crippen LogP contribution in [0.2, 0.25) is 0 Å². The molecule has 4 heteroatoms. The molecule has 0 aliphatic carbocycles. The number of nitrogens with zero attached hydrogens (tertiary/aromatic N) is 3. The molecule has 0 saturated heterocycles. The van der Waals surface area contributed by atoms with Crippen LogP contribution in [0.4, 0.5) is 0 Å². The lowest BCUT2D eigenvalue weighted by molar-refractivity contribution is 0.215. The Morgan fingerprint density at radius 3 is 2.76 bits per heavy atom. The fourth-order valence-corrected chi connectivity index (χ4v) is 2.09. The minimum Gasteiger partial charge on any atom is -0.315 e. The molecule has 17 heavy (non-hydrogen) atoms. The Hall–Kier alpha value is -0.870. The Bertz CT molecular complexity index is 308. The Labute approximate surface area is 105 Å². The second kappa shape index (κ2) is 7.45. The van der Waals surface area contributed by atoms with Gasteiger partial charge in [0.2, 0.25) is 0 Å². The van der Waals surface area contributed by atoms with E-state index in [0.717, 1.165) is 19.6 Å². The fraction of sp³-hybridized carbons (Fsp3) is 0.769. The zero-order valence-electron chi connectivity index (χ0n) is 11.6. The zero-order valence-corrected chi connectivity index (χ0v) is 11.6. The number of aromatic nitrogens is 2. The summed E-state index contributed by atoms with van der Waals surface area (Å²) >= 11 is 0. The van der Waals surface area contributed by atoms with E-state index in [1.807, 2.05) is 17.9 Å². The zero-order chi connectivity index (χ0) is 12.7. The van der Waals surface area contributed by atoms with Crippen molar-refractivity contribution in [3.63, 3.8) is 0 Å². The molecule has 0 spiro atoms. The molecule has 1 aromatic rings. The van der Waals surface area contributed by atoms with Crippen LogP contribution in [0.3, 0.4) is 0 Å². The summed E-state index contributed by atoms with van der Waals surface area (Å²) in [5, 5.41) is 7.65. The van der Waals surface area contributed by atoms with E-state index < -0.39 is 0 Å². The average Bonchev–Trinajstić information content (AvgIpc) is 2.70. The molecule has 0 fully saturated rings. The summed E-state index contributed by atoms with van der Waals surface area (Å²) in [4.78, 5) is 2.42. The van der Waals surface area contributed by atoms with Crippen LogP contribution in [-0.2, 0) is 13.6 Å². The maximum atomic E-state index is 4.21. The second-order valence-corrected chi connectivity index (χ2v) is 4.69. The molecule has 0 amide bonds. The molecule has 1 heterocycles. The van der Waals surface area contributed by atoms with Gasteiger partial charge in [0.05, 0.1) is 6.20 Å². The predicted molar refractivity (Wildman–Crippen MR) is 71.9 cm³/mol. The van der Waals surface area contributed by atoms with Crippen LogP contribution in [0.5, 0.6) is 0 Å². The first-order valence-corrected chi connectivity index (χ1v) is 6.55. The molecular formula is C13H26N4. The number of rotatable bonds is 8. The van der Waals surface area contributed by atoms with Crippen molar-refractivity contribution in [2.45, 2.75) is 39.3 Å². The molecule has 1 atom stereocenters. The summed E-state index contributed by atoms with van der Waals surface area (Å²) in [6.45, 7) is 7.49. The highest BCUT2D eigenvalue weighted by Gasteiger charge is 2.13.